The van der Waals surface area contributed by atoms with Crippen molar-refractivity contribution in [2.75, 3.05) is 18.6 Å². The number of nitrogens with two attached hydrogens (primary N) is 1. The van der Waals surface area contributed by atoms with Gasteiger partial charge in [0, 0.05) is 17.1 Å². The Kier molecular flexibility index (Phi) is 6.36. The Morgan fingerprint density at radius 1 is 1.38 bits per heavy atom. The number of thioether (sulfide) groups is 1. The van der Waals surface area contributed by atoms with Crippen LogP contribution in [0.2, 0.25) is 10.0 Å². The highest BCUT2D eigenvalue weighted by atomic mass is 35.5. The highest BCUT2D eigenvalue weighted by Gasteiger charge is 2.09. The molecule has 1 aromatic carbocycles. The molecule has 0 aliphatic heterocycles. The van der Waals surface area contributed by atoms with Crippen LogP contribution in [0.4, 0.5) is 0 Å². The van der Waals surface area contributed by atoms with Gasteiger partial charge in [-0.2, -0.15) is 11.8 Å². The number of hydrogen-bond donors (Lipinski definition) is 1. The van der Waals surface area contributed by atoms with Crippen molar-refractivity contribution in [3.63, 3.8) is 0 Å². The zero-order chi connectivity index (χ0) is 12.0. The van der Waals surface area contributed by atoms with E-state index in [-0.39, 0.29) is 0 Å². The van der Waals surface area contributed by atoms with Crippen molar-refractivity contribution in [2.24, 2.45) is 5.73 Å². The average Bonchev–Trinajstić information content (AvgIpc) is 2.26. The average molecular weight is 280 g/mol. The topological polar surface area (TPSA) is 35.2 Å². The van der Waals surface area contributed by atoms with Gasteiger partial charge in [0.25, 0.3) is 0 Å². The summed E-state index contributed by atoms with van der Waals surface area (Å²) in [6, 6.07) is 3.46. The molecule has 0 aliphatic rings. The predicted octanol–water partition coefficient (Wildman–Crippen LogP) is 3.58. The van der Waals surface area contributed by atoms with Crippen molar-refractivity contribution in [1.82, 2.24) is 0 Å². The molecule has 1 aromatic rings. The third-order valence-corrected chi connectivity index (χ3v) is 3.24. The summed E-state index contributed by atoms with van der Waals surface area (Å²) in [7, 11) is 0. The van der Waals surface area contributed by atoms with Crippen molar-refractivity contribution >= 4 is 35.0 Å². The molecule has 0 radical (unpaired) electrons. The van der Waals surface area contributed by atoms with Crippen LogP contribution in [0.1, 0.15) is 12.0 Å². The van der Waals surface area contributed by atoms with E-state index in [1.54, 1.807) is 23.9 Å². The van der Waals surface area contributed by atoms with E-state index < -0.39 is 0 Å². The van der Waals surface area contributed by atoms with Gasteiger partial charge in [-0.15, -0.1) is 0 Å². The highest BCUT2D eigenvalue weighted by molar-refractivity contribution is 7.98. The fourth-order valence-electron chi connectivity index (χ4n) is 1.30. The molecule has 2 nitrogen and oxygen atoms in total. The lowest BCUT2D eigenvalue weighted by Crippen LogP contribution is -2.05. The summed E-state index contributed by atoms with van der Waals surface area (Å²) in [4.78, 5) is 0. The van der Waals surface area contributed by atoms with E-state index in [0.717, 1.165) is 17.7 Å². The first-order valence-corrected chi connectivity index (χ1v) is 7.13. The molecule has 0 aromatic heterocycles. The molecule has 0 bridgehead atoms. The van der Waals surface area contributed by atoms with Crippen LogP contribution in [0, 0.1) is 0 Å². The Morgan fingerprint density at radius 3 is 2.75 bits per heavy atom. The predicted molar refractivity (Wildman–Crippen MR) is 72.8 cm³/mol. The van der Waals surface area contributed by atoms with E-state index in [2.05, 4.69) is 6.26 Å². The molecule has 0 aliphatic carbocycles. The van der Waals surface area contributed by atoms with E-state index in [4.69, 9.17) is 33.7 Å². The fraction of sp³-hybridized carbons (Fsp3) is 0.455. The smallest absolute Gasteiger partial charge is 0.142 e. The monoisotopic (exact) mass is 279 g/mol. The Balaban J connectivity index is 2.70. The zero-order valence-corrected chi connectivity index (χ0v) is 11.5. The van der Waals surface area contributed by atoms with Gasteiger partial charge in [0.15, 0.2) is 0 Å². The molecule has 0 heterocycles. The molecule has 90 valence electrons. The van der Waals surface area contributed by atoms with E-state index >= 15 is 0 Å². The number of halogens is 2. The van der Waals surface area contributed by atoms with Gasteiger partial charge < -0.3 is 10.5 Å². The Bertz CT molecular complexity index is 347. The SMILES string of the molecule is CSCCCOc1c(Cl)cc(Cl)cc1CN. The van der Waals surface area contributed by atoms with Crippen LogP contribution in [0.15, 0.2) is 12.1 Å². The van der Waals surface area contributed by atoms with Gasteiger partial charge in [-0.05, 0) is 30.6 Å². The van der Waals surface area contributed by atoms with Gasteiger partial charge in [0.1, 0.15) is 5.75 Å². The molecule has 0 atom stereocenters. The maximum absolute atomic E-state index is 6.06. The van der Waals surface area contributed by atoms with Crippen LogP contribution in [0.3, 0.4) is 0 Å². The van der Waals surface area contributed by atoms with E-state index in [0.29, 0.717) is 28.9 Å². The van der Waals surface area contributed by atoms with Crippen molar-refractivity contribution in [1.29, 1.82) is 0 Å². The molecule has 0 unspecified atom stereocenters. The first-order valence-electron chi connectivity index (χ1n) is 4.98. The Labute approximate surface area is 110 Å². The molecular formula is C11H15Cl2NOS. The quantitative estimate of drug-likeness (QED) is 0.809. The fourth-order valence-corrected chi connectivity index (χ4v) is 2.30. The molecule has 0 saturated heterocycles. The number of ether oxygens (including phenoxy) is 1. The third-order valence-electron chi connectivity index (χ3n) is 2.04. The second-order valence-corrected chi connectivity index (χ2v) is 5.10. The van der Waals surface area contributed by atoms with Gasteiger partial charge in [0.05, 0.1) is 11.6 Å². The summed E-state index contributed by atoms with van der Waals surface area (Å²) in [6.07, 6.45) is 3.06. The molecule has 2 N–H and O–H groups in total. The minimum absolute atomic E-state index is 0.373. The number of benzene rings is 1. The normalized spacial score (nSPS) is 10.5. The zero-order valence-electron chi connectivity index (χ0n) is 9.13. The lowest BCUT2D eigenvalue weighted by Gasteiger charge is -2.12. The van der Waals surface area contributed by atoms with Gasteiger partial charge in [-0.1, -0.05) is 23.2 Å². The van der Waals surface area contributed by atoms with Gasteiger partial charge in [-0.3, -0.25) is 0 Å². The lowest BCUT2D eigenvalue weighted by molar-refractivity contribution is 0.316. The summed E-state index contributed by atoms with van der Waals surface area (Å²) < 4.78 is 5.63. The molecule has 0 fully saturated rings. The molecule has 0 amide bonds. The largest absolute Gasteiger partial charge is 0.492 e. The van der Waals surface area contributed by atoms with Crippen LogP contribution < -0.4 is 10.5 Å². The second-order valence-electron chi connectivity index (χ2n) is 3.27. The third kappa shape index (κ3) is 4.06. The van der Waals surface area contributed by atoms with Crippen LogP contribution in [-0.2, 0) is 6.54 Å². The van der Waals surface area contributed by atoms with E-state index in [9.17, 15) is 0 Å². The maximum atomic E-state index is 6.06. The summed E-state index contributed by atoms with van der Waals surface area (Å²) >= 11 is 13.7. The molecule has 0 spiro atoms. The van der Waals surface area contributed by atoms with Gasteiger partial charge in [-0.25, -0.2) is 0 Å². The molecule has 16 heavy (non-hydrogen) atoms. The van der Waals surface area contributed by atoms with Crippen LogP contribution in [-0.4, -0.2) is 18.6 Å². The van der Waals surface area contributed by atoms with Crippen LogP contribution in [0.5, 0.6) is 5.75 Å². The van der Waals surface area contributed by atoms with E-state index in [1.165, 1.54) is 0 Å². The van der Waals surface area contributed by atoms with Crippen molar-refractivity contribution < 1.29 is 4.74 Å². The minimum Gasteiger partial charge on any atom is -0.492 e. The molecule has 1 rings (SSSR count). The van der Waals surface area contributed by atoms with Gasteiger partial charge in [0.2, 0.25) is 0 Å². The summed E-state index contributed by atoms with van der Waals surface area (Å²) in [5.74, 6) is 1.73. The molecule has 5 heteroatoms. The molecular weight excluding hydrogens is 265 g/mol. The van der Waals surface area contributed by atoms with E-state index in [1.807, 2.05) is 0 Å². The lowest BCUT2D eigenvalue weighted by atomic mass is 10.2. The Hall–Kier alpha value is -0.0900. The first kappa shape index (κ1) is 14.0. The second kappa shape index (κ2) is 7.28. The minimum atomic E-state index is 0.373. The summed E-state index contributed by atoms with van der Waals surface area (Å²) in [6.45, 7) is 1.02. The van der Waals surface area contributed by atoms with Crippen LogP contribution >= 0.6 is 35.0 Å². The first-order chi connectivity index (χ1) is 7.69. The van der Waals surface area contributed by atoms with Crippen LogP contribution in [0.25, 0.3) is 0 Å². The van der Waals surface area contributed by atoms with Crippen molar-refractivity contribution in [2.45, 2.75) is 13.0 Å². The molecule has 0 saturated carbocycles. The van der Waals surface area contributed by atoms with Crippen molar-refractivity contribution in [3.8, 4) is 5.75 Å². The van der Waals surface area contributed by atoms with Crippen molar-refractivity contribution in [3.05, 3.63) is 27.7 Å². The highest BCUT2D eigenvalue weighted by Crippen LogP contribution is 2.32. The number of rotatable bonds is 6. The van der Waals surface area contributed by atoms with Gasteiger partial charge >= 0.3 is 0 Å². The summed E-state index contributed by atoms with van der Waals surface area (Å²) in [5, 5.41) is 1.11. The Morgan fingerprint density at radius 2 is 2.12 bits per heavy atom. The number of hydrogen-bond acceptors (Lipinski definition) is 3. The standard InChI is InChI=1S/C11H15Cl2NOS/c1-16-4-2-3-15-11-8(7-14)5-9(12)6-10(11)13/h5-6H,2-4,7,14H2,1H3. The summed E-state index contributed by atoms with van der Waals surface area (Å²) in [5.41, 5.74) is 6.47. The maximum Gasteiger partial charge on any atom is 0.142 e.